The van der Waals surface area contributed by atoms with Crippen molar-refractivity contribution in [3.8, 4) is 0 Å². The number of carbonyl (C=O) groups is 3. The number of carbonyl (C=O) groups excluding carboxylic acids is 3. The number of benzene rings is 2. The average molecular weight is 530 g/mol. The number of halogens is 1. The van der Waals surface area contributed by atoms with E-state index in [9.17, 15) is 14.4 Å². The second-order valence-corrected chi connectivity index (χ2v) is 10.0. The summed E-state index contributed by atoms with van der Waals surface area (Å²) in [6.07, 6.45) is -0.415. The summed E-state index contributed by atoms with van der Waals surface area (Å²) >= 11 is 3.44. The van der Waals surface area contributed by atoms with E-state index in [1.54, 1.807) is 6.07 Å². The van der Waals surface area contributed by atoms with Crippen LogP contribution in [-0.4, -0.2) is 47.7 Å². The van der Waals surface area contributed by atoms with Crippen LogP contribution >= 0.6 is 15.9 Å². The molecule has 2 heterocycles. The lowest BCUT2D eigenvalue weighted by molar-refractivity contribution is -0.147. The number of fused-ring (bicyclic) bond motifs is 1. The van der Waals surface area contributed by atoms with E-state index < -0.39 is 29.8 Å². The van der Waals surface area contributed by atoms with E-state index in [4.69, 9.17) is 9.47 Å². The van der Waals surface area contributed by atoms with Crippen molar-refractivity contribution in [2.24, 2.45) is 5.41 Å². The lowest BCUT2D eigenvalue weighted by Crippen LogP contribution is -2.56. The normalized spacial score (nSPS) is 23.6. The van der Waals surface area contributed by atoms with Crippen LogP contribution in [-0.2, 0) is 25.7 Å². The molecule has 0 spiro atoms. The minimum atomic E-state index is -0.846. The number of nitrogens with one attached hydrogen (secondary N) is 2. The minimum Gasteiger partial charge on any atom is -0.445 e. The molecule has 4 rings (SSSR count). The zero-order chi connectivity index (χ0) is 24.3. The predicted molar refractivity (Wildman–Crippen MR) is 130 cm³/mol. The lowest BCUT2D eigenvalue weighted by atomic mass is 9.83. The fourth-order valence-electron chi connectivity index (χ4n) is 4.52. The summed E-state index contributed by atoms with van der Waals surface area (Å²) in [5, 5.41) is 5.59. The molecule has 1 unspecified atom stereocenters. The number of anilines is 1. The Labute approximate surface area is 207 Å². The van der Waals surface area contributed by atoms with Gasteiger partial charge in [0.15, 0.2) is 0 Å². The van der Waals surface area contributed by atoms with Crippen LogP contribution in [0.3, 0.4) is 0 Å². The first kappa shape index (κ1) is 24.2. The second-order valence-electron chi connectivity index (χ2n) is 9.18. The highest BCUT2D eigenvalue weighted by Gasteiger charge is 2.55. The molecule has 2 fully saturated rings. The van der Waals surface area contributed by atoms with Gasteiger partial charge in [0.05, 0.1) is 12.3 Å². The molecule has 8 nitrogen and oxygen atoms in total. The summed E-state index contributed by atoms with van der Waals surface area (Å²) in [6, 6.07) is 15.0. The lowest BCUT2D eigenvalue weighted by Gasteiger charge is -2.33. The fourth-order valence-corrected chi connectivity index (χ4v) is 4.91. The molecule has 2 aliphatic rings. The Kier molecular flexibility index (Phi) is 7.23. The molecule has 9 heteroatoms. The summed E-state index contributed by atoms with van der Waals surface area (Å²) in [5.41, 5.74) is 0.939. The molecule has 3 atom stereocenters. The SMILES string of the molecule is CC1(C)C[C@@H]2OCC[C@H](NC(=O)OCc3ccccc3)C(=O)N2C1C(=O)Nc1ccccc1Br. The summed E-state index contributed by atoms with van der Waals surface area (Å²) in [7, 11) is 0. The molecule has 0 aliphatic carbocycles. The van der Waals surface area contributed by atoms with Gasteiger partial charge in [0.2, 0.25) is 11.8 Å². The Balaban J connectivity index is 1.48. The smallest absolute Gasteiger partial charge is 0.408 e. The van der Waals surface area contributed by atoms with E-state index in [0.717, 1.165) is 10.0 Å². The van der Waals surface area contributed by atoms with Crippen LogP contribution in [0.2, 0.25) is 0 Å². The van der Waals surface area contributed by atoms with Gasteiger partial charge in [0.1, 0.15) is 24.9 Å². The van der Waals surface area contributed by atoms with Gasteiger partial charge in [-0.3, -0.25) is 9.59 Å². The molecule has 0 saturated carbocycles. The molecule has 2 aromatic rings. The van der Waals surface area contributed by atoms with Crippen LogP contribution in [0.4, 0.5) is 10.5 Å². The van der Waals surface area contributed by atoms with E-state index in [2.05, 4.69) is 26.6 Å². The van der Waals surface area contributed by atoms with E-state index in [-0.39, 0.29) is 25.0 Å². The van der Waals surface area contributed by atoms with Crippen LogP contribution in [0.1, 0.15) is 32.3 Å². The molecule has 3 amide bonds. The highest BCUT2D eigenvalue weighted by molar-refractivity contribution is 9.10. The summed E-state index contributed by atoms with van der Waals surface area (Å²) < 4.78 is 12.0. The number of hydrogen-bond acceptors (Lipinski definition) is 5. The first-order chi connectivity index (χ1) is 16.3. The Morgan fingerprint density at radius 3 is 2.59 bits per heavy atom. The van der Waals surface area contributed by atoms with Gasteiger partial charge < -0.3 is 25.0 Å². The third kappa shape index (κ3) is 5.26. The Morgan fingerprint density at radius 2 is 1.85 bits per heavy atom. The van der Waals surface area contributed by atoms with Crippen molar-refractivity contribution >= 4 is 39.5 Å². The fraction of sp³-hybridized carbons (Fsp3) is 0.400. The summed E-state index contributed by atoms with van der Waals surface area (Å²) in [6.45, 7) is 4.27. The zero-order valence-corrected chi connectivity index (χ0v) is 20.7. The van der Waals surface area contributed by atoms with Crippen molar-refractivity contribution in [1.29, 1.82) is 0 Å². The quantitative estimate of drug-likeness (QED) is 0.608. The molecular formula is C25H28BrN3O5. The van der Waals surface area contributed by atoms with Crippen LogP contribution in [0, 0.1) is 5.41 Å². The number of amides is 3. The number of rotatable bonds is 5. The van der Waals surface area contributed by atoms with Crippen molar-refractivity contribution in [2.75, 3.05) is 11.9 Å². The largest absolute Gasteiger partial charge is 0.445 e. The molecule has 0 bridgehead atoms. The first-order valence-corrected chi connectivity index (χ1v) is 12.0. The van der Waals surface area contributed by atoms with Gasteiger partial charge in [-0.2, -0.15) is 0 Å². The summed E-state index contributed by atoms with van der Waals surface area (Å²) in [5.74, 6) is -0.652. The van der Waals surface area contributed by atoms with Crippen LogP contribution in [0.25, 0.3) is 0 Å². The number of ether oxygens (including phenoxy) is 2. The predicted octanol–water partition coefficient (Wildman–Crippen LogP) is 4.06. The van der Waals surface area contributed by atoms with Gasteiger partial charge in [-0.05, 0) is 45.5 Å². The maximum absolute atomic E-state index is 13.5. The molecule has 2 N–H and O–H groups in total. The Morgan fingerprint density at radius 1 is 1.15 bits per heavy atom. The van der Waals surface area contributed by atoms with Gasteiger partial charge >= 0.3 is 6.09 Å². The molecule has 34 heavy (non-hydrogen) atoms. The maximum Gasteiger partial charge on any atom is 0.408 e. The Hall–Kier alpha value is -2.91. The van der Waals surface area contributed by atoms with Gasteiger partial charge in [0.25, 0.3) is 0 Å². The summed E-state index contributed by atoms with van der Waals surface area (Å²) in [4.78, 5) is 40.8. The van der Waals surface area contributed by atoms with Crippen molar-refractivity contribution in [3.63, 3.8) is 0 Å². The minimum absolute atomic E-state index is 0.0977. The van der Waals surface area contributed by atoms with Gasteiger partial charge in [-0.25, -0.2) is 4.79 Å². The van der Waals surface area contributed by atoms with E-state index in [1.165, 1.54) is 4.90 Å². The van der Waals surface area contributed by atoms with Gasteiger partial charge in [0, 0.05) is 10.9 Å². The number of hydrogen-bond donors (Lipinski definition) is 2. The van der Waals surface area contributed by atoms with Gasteiger partial charge in [-0.1, -0.05) is 56.3 Å². The highest BCUT2D eigenvalue weighted by atomic mass is 79.9. The van der Waals surface area contributed by atoms with E-state index >= 15 is 0 Å². The third-order valence-corrected chi connectivity index (χ3v) is 6.88. The standard InChI is InChI=1S/C25H28BrN3O5/c1-25(2)14-20-29(21(25)22(30)27-18-11-7-6-10-17(18)26)23(31)19(12-13-33-20)28-24(32)34-15-16-8-4-3-5-9-16/h3-11,19-21H,12-15H2,1-2H3,(H,27,30)(H,28,32)/t19-,20-,21?/m0/s1. The van der Waals surface area contributed by atoms with Crippen LogP contribution in [0.5, 0.6) is 0 Å². The second kappa shape index (κ2) is 10.1. The zero-order valence-electron chi connectivity index (χ0n) is 19.1. The van der Waals surface area contributed by atoms with Gasteiger partial charge in [-0.15, -0.1) is 0 Å². The average Bonchev–Trinajstić information content (AvgIpc) is 3.00. The van der Waals surface area contributed by atoms with Crippen molar-refractivity contribution in [2.45, 2.75) is 51.6 Å². The van der Waals surface area contributed by atoms with Crippen LogP contribution < -0.4 is 10.6 Å². The van der Waals surface area contributed by atoms with Crippen molar-refractivity contribution < 1.29 is 23.9 Å². The Bertz CT molecular complexity index is 1060. The number of para-hydroxylation sites is 1. The molecule has 2 aliphatic heterocycles. The third-order valence-electron chi connectivity index (χ3n) is 6.18. The monoisotopic (exact) mass is 529 g/mol. The molecule has 0 aromatic heterocycles. The maximum atomic E-state index is 13.5. The topological polar surface area (TPSA) is 97.0 Å². The molecule has 2 aromatic carbocycles. The number of alkyl carbamates (subject to hydrolysis) is 1. The highest BCUT2D eigenvalue weighted by Crippen LogP contribution is 2.43. The first-order valence-electron chi connectivity index (χ1n) is 11.2. The molecule has 0 radical (unpaired) electrons. The molecule has 180 valence electrons. The van der Waals surface area contributed by atoms with Crippen molar-refractivity contribution in [3.05, 3.63) is 64.6 Å². The number of nitrogens with zero attached hydrogens (tertiary/aromatic N) is 1. The van der Waals surface area contributed by atoms with E-state index in [1.807, 2.05) is 62.4 Å². The van der Waals surface area contributed by atoms with Crippen molar-refractivity contribution in [1.82, 2.24) is 10.2 Å². The molecular weight excluding hydrogens is 502 g/mol. The van der Waals surface area contributed by atoms with E-state index in [0.29, 0.717) is 18.5 Å². The molecule has 2 saturated heterocycles. The van der Waals surface area contributed by atoms with Crippen LogP contribution in [0.15, 0.2) is 59.1 Å².